The highest BCUT2D eigenvalue weighted by Crippen LogP contribution is 2.35. The van der Waals surface area contributed by atoms with E-state index in [1.165, 1.54) is 16.8 Å². The molecule has 0 saturated heterocycles. The second-order valence-corrected chi connectivity index (χ2v) is 4.38. The molecule has 2 heteroatoms. The molecule has 0 aliphatic carbocycles. The van der Waals surface area contributed by atoms with Crippen molar-refractivity contribution in [1.29, 1.82) is 0 Å². The van der Waals surface area contributed by atoms with Crippen molar-refractivity contribution >= 4 is 7.98 Å². The van der Waals surface area contributed by atoms with E-state index in [-0.39, 0.29) is 0 Å². The van der Waals surface area contributed by atoms with E-state index in [0.717, 1.165) is 6.54 Å². The van der Waals surface area contributed by atoms with Gasteiger partial charge in [-0.05, 0) is 25.0 Å². The number of hydrogen-bond donors (Lipinski definition) is 0. The zero-order valence-electron chi connectivity index (χ0n) is 10.3. The monoisotopic (exact) mass is 211 g/mol. The van der Waals surface area contributed by atoms with Crippen LogP contribution in [-0.4, -0.2) is 19.3 Å². The van der Waals surface area contributed by atoms with Crippen molar-refractivity contribution < 1.29 is 0 Å². The molecule has 0 N–H and O–H groups in total. The van der Waals surface area contributed by atoms with Crippen LogP contribution in [0.25, 0.3) is 0 Å². The van der Waals surface area contributed by atoms with Gasteiger partial charge in [0.15, 0.2) is 0 Å². The minimum Gasteiger partial charge on any atom is -0.424 e. The summed E-state index contributed by atoms with van der Waals surface area (Å²) in [6.45, 7) is 5.38. The van der Waals surface area contributed by atoms with E-state index in [1.807, 2.05) is 0 Å². The Bertz CT molecular complexity index is 420. The predicted molar refractivity (Wildman–Crippen MR) is 71.9 cm³/mol. The third-order valence-electron chi connectivity index (χ3n) is 3.37. The van der Waals surface area contributed by atoms with Crippen LogP contribution in [-0.2, 0) is 0 Å². The zero-order valence-corrected chi connectivity index (χ0v) is 10.3. The van der Waals surface area contributed by atoms with E-state index in [1.54, 1.807) is 0 Å². The van der Waals surface area contributed by atoms with Crippen molar-refractivity contribution in [2.24, 2.45) is 0 Å². The van der Waals surface area contributed by atoms with Crippen molar-refractivity contribution in [1.82, 2.24) is 4.81 Å². The molecule has 16 heavy (non-hydrogen) atoms. The lowest BCUT2D eigenvalue weighted by Crippen LogP contribution is -2.16. The van der Waals surface area contributed by atoms with Crippen molar-refractivity contribution in [3.8, 4) is 0 Å². The average molecular weight is 211 g/mol. The van der Waals surface area contributed by atoms with Gasteiger partial charge in [0.25, 0.3) is 0 Å². The summed E-state index contributed by atoms with van der Waals surface area (Å²) in [5.41, 5.74) is 4.27. The smallest absolute Gasteiger partial charge is 0.217 e. The molecule has 1 aliphatic heterocycles. The Labute approximate surface area is 98.9 Å². The molecule has 0 radical (unpaired) electrons. The molecule has 1 unspecified atom stereocenters. The van der Waals surface area contributed by atoms with Crippen molar-refractivity contribution in [2.75, 3.05) is 6.54 Å². The van der Waals surface area contributed by atoms with Gasteiger partial charge in [-0.3, -0.25) is 0 Å². The maximum Gasteiger partial charge on any atom is 0.217 e. The molecule has 2 rings (SSSR count). The van der Waals surface area contributed by atoms with Gasteiger partial charge in [0.2, 0.25) is 7.98 Å². The van der Waals surface area contributed by atoms with Crippen LogP contribution in [0.15, 0.2) is 53.8 Å². The molecule has 1 aromatic rings. The summed E-state index contributed by atoms with van der Waals surface area (Å²) in [5.74, 6) is 0.530. The first-order valence-corrected chi connectivity index (χ1v) is 5.83. The highest BCUT2D eigenvalue weighted by Gasteiger charge is 2.25. The number of allylic oxidation sites excluding steroid dienone is 3. The Morgan fingerprint density at radius 2 is 2.00 bits per heavy atom. The van der Waals surface area contributed by atoms with Gasteiger partial charge in [0.05, 0.1) is 0 Å². The molecule has 1 atom stereocenters. The van der Waals surface area contributed by atoms with Gasteiger partial charge in [-0.15, -0.1) is 0 Å². The first-order chi connectivity index (χ1) is 7.74. The zero-order chi connectivity index (χ0) is 11.5. The lowest BCUT2D eigenvalue weighted by Gasteiger charge is -2.15. The summed E-state index contributed by atoms with van der Waals surface area (Å²) in [4.78, 5) is 2.34. The van der Waals surface area contributed by atoms with Crippen molar-refractivity contribution in [3.05, 3.63) is 59.3 Å². The number of nitrogens with zero attached hydrogens (tertiary/aromatic N) is 1. The quantitative estimate of drug-likeness (QED) is 0.679. The lowest BCUT2D eigenvalue weighted by atomic mass is 9.92. The third kappa shape index (κ3) is 1.92. The van der Waals surface area contributed by atoms with Crippen molar-refractivity contribution in [3.63, 3.8) is 0 Å². The average Bonchev–Trinajstić information content (AvgIpc) is 2.59. The lowest BCUT2D eigenvalue weighted by molar-refractivity contribution is 0.578. The van der Waals surface area contributed by atoms with Gasteiger partial charge in [-0.2, -0.15) is 0 Å². The van der Waals surface area contributed by atoms with Gasteiger partial charge >= 0.3 is 0 Å². The summed E-state index contributed by atoms with van der Waals surface area (Å²) in [6, 6.07) is 10.8. The Hall–Kier alpha value is -1.44. The fourth-order valence-electron chi connectivity index (χ4n) is 2.37. The topological polar surface area (TPSA) is 3.24 Å². The van der Waals surface area contributed by atoms with E-state index >= 15 is 0 Å². The first-order valence-electron chi connectivity index (χ1n) is 5.83. The molecule has 1 aliphatic rings. The molecule has 0 spiro atoms. The second kappa shape index (κ2) is 4.61. The molecule has 1 nitrogen and oxygen atoms in total. The normalized spacial score (nSPS) is 21.1. The van der Waals surface area contributed by atoms with Gasteiger partial charge < -0.3 is 4.81 Å². The number of hydrogen-bond acceptors (Lipinski definition) is 1. The Morgan fingerprint density at radius 3 is 2.62 bits per heavy atom. The minimum absolute atomic E-state index is 0.530. The Kier molecular flexibility index (Phi) is 3.18. The van der Waals surface area contributed by atoms with E-state index < -0.39 is 0 Å². The largest absolute Gasteiger partial charge is 0.424 e. The molecular weight excluding hydrogens is 193 g/mol. The number of rotatable bonds is 2. The molecule has 0 aromatic heterocycles. The van der Waals surface area contributed by atoms with E-state index in [9.17, 15) is 0 Å². The molecule has 82 valence electrons. The van der Waals surface area contributed by atoms with Gasteiger partial charge in [0.1, 0.15) is 0 Å². The van der Waals surface area contributed by atoms with Crippen LogP contribution in [0.3, 0.4) is 0 Å². The van der Waals surface area contributed by atoms with E-state index in [2.05, 4.69) is 69.1 Å². The Morgan fingerprint density at radius 1 is 1.31 bits per heavy atom. The number of benzene rings is 1. The van der Waals surface area contributed by atoms with Crippen LogP contribution in [0, 0.1) is 0 Å². The SMILES string of the molecule is BN1CC(c2ccccc2)C(/C=C\C)=C1C. The van der Waals surface area contributed by atoms with Crippen LogP contribution < -0.4 is 0 Å². The molecule has 0 bridgehead atoms. The van der Waals surface area contributed by atoms with Gasteiger partial charge in [0, 0.05) is 18.2 Å². The highest BCUT2D eigenvalue weighted by molar-refractivity contribution is 6.06. The van der Waals surface area contributed by atoms with Crippen LogP contribution in [0.4, 0.5) is 0 Å². The Balaban J connectivity index is 2.37. The fraction of sp³-hybridized carbons (Fsp3) is 0.286. The molecule has 1 aromatic carbocycles. The van der Waals surface area contributed by atoms with Gasteiger partial charge in [-0.25, -0.2) is 0 Å². The van der Waals surface area contributed by atoms with E-state index in [0.29, 0.717) is 5.92 Å². The molecular formula is C14H18BN. The predicted octanol–water partition coefficient (Wildman–Crippen LogP) is 2.48. The summed E-state index contributed by atoms with van der Waals surface area (Å²) in [6.07, 6.45) is 4.38. The van der Waals surface area contributed by atoms with Crippen LogP contribution in [0.5, 0.6) is 0 Å². The maximum atomic E-state index is 2.34. The van der Waals surface area contributed by atoms with Crippen LogP contribution in [0.2, 0.25) is 0 Å². The minimum atomic E-state index is 0.530. The van der Waals surface area contributed by atoms with Gasteiger partial charge in [-0.1, -0.05) is 42.5 Å². The summed E-state index contributed by atoms with van der Waals surface area (Å²) in [7, 11) is 2.17. The first kappa shape index (κ1) is 11.1. The summed E-state index contributed by atoms with van der Waals surface area (Å²) >= 11 is 0. The summed E-state index contributed by atoms with van der Waals surface area (Å²) in [5, 5.41) is 0. The second-order valence-electron chi connectivity index (χ2n) is 4.38. The standard InChI is InChI=1S/C14H18BN/c1-3-7-13-11(2)16(15)10-14(13)12-8-5-4-6-9-12/h3-9,14H,10,15H2,1-2H3/b7-3-. The maximum absolute atomic E-state index is 2.34. The van der Waals surface area contributed by atoms with E-state index in [4.69, 9.17) is 0 Å². The molecule has 0 saturated carbocycles. The van der Waals surface area contributed by atoms with Crippen molar-refractivity contribution in [2.45, 2.75) is 19.8 Å². The molecule has 0 amide bonds. The summed E-state index contributed by atoms with van der Waals surface area (Å²) < 4.78 is 0. The fourth-order valence-corrected chi connectivity index (χ4v) is 2.37. The molecule has 0 fully saturated rings. The highest BCUT2D eigenvalue weighted by atomic mass is 15.1. The van der Waals surface area contributed by atoms with Crippen LogP contribution >= 0.6 is 0 Å². The third-order valence-corrected chi connectivity index (χ3v) is 3.37. The van der Waals surface area contributed by atoms with Crippen LogP contribution in [0.1, 0.15) is 25.3 Å². The molecule has 1 heterocycles.